The fourth-order valence-corrected chi connectivity index (χ4v) is 5.83. The highest BCUT2D eigenvalue weighted by molar-refractivity contribution is 8.14. The first-order valence-corrected chi connectivity index (χ1v) is 12.6. The number of carbonyl (C=O) groups excluding carboxylic acids is 3. The molecule has 0 aliphatic carbocycles. The van der Waals surface area contributed by atoms with Crippen LogP contribution in [0.4, 0.5) is 5.69 Å². The van der Waals surface area contributed by atoms with Crippen molar-refractivity contribution < 1.29 is 23.9 Å². The number of methoxy groups -OCH3 is 1. The fourth-order valence-electron chi connectivity index (χ4n) is 4.54. The molecule has 0 saturated carbocycles. The van der Waals surface area contributed by atoms with E-state index in [1.165, 1.54) is 31.9 Å². The minimum Gasteiger partial charge on any atom is -0.467 e. The van der Waals surface area contributed by atoms with Gasteiger partial charge in [0.25, 0.3) is 0 Å². The van der Waals surface area contributed by atoms with Gasteiger partial charge in [-0.25, -0.2) is 14.6 Å². The molecule has 0 radical (unpaired) electrons. The van der Waals surface area contributed by atoms with Crippen molar-refractivity contribution in [1.29, 1.82) is 0 Å². The molecular formula is C28H32N2O5S. The summed E-state index contributed by atoms with van der Waals surface area (Å²) in [5, 5.41) is 3.52. The zero-order valence-corrected chi connectivity index (χ0v) is 22.1. The zero-order valence-electron chi connectivity index (χ0n) is 21.2. The largest absolute Gasteiger partial charge is 0.467 e. The number of ether oxygens (including phenoxy) is 2. The molecule has 1 unspecified atom stereocenters. The lowest BCUT2D eigenvalue weighted by atomic mass is 9.59. The molecule has 1 amide bonds. The number of nitrogens with zero attached hydrogens (tertiary/aromatic N) is 1. The predicted octanol–water partition coefficient (Wildman–Crippen LogP) is 4.97. The Kier molecular flexibility index (Phi) is 8.74. The molecule has 2 aromatic carbocycles. The van der Waals surface area contributed by atoms with E-state index in [1.807, 2.05) is 68.4 Å². The number of aliphatic imine (C=N–C) groups is 1. The maximum absolute atomic E-state index is 12.9. The molecule has 190 valence electrons. The molecule has 8 heteroatoms. The van der Waals surface area contributed by atoms with Gasteiger partial charge in [-0.05, 0) is 42.5 Å². The van der Waals surface area contributed by atoms with Crippen molar-refractivity contribution in [3.8, 4) is 0 Å². The molecule has 1 aliphatic heterocycles. The minimum absolute atomic E-state index is 0.176. The molecule has 0 spiro atoms. The molecule has 1 N–H and O–H groups in total. The van der Waals surface area contributed by atoms with Gasteiger partial charge in [0.15, 0.2) is 0 Å². The number of hydrogen-bond donors (Lipinski definition) is 1. The predicted molar refractivity (Wildman–Crippen MR) is 141 cm³/mol. The number of amides is 1. The van der Waals surface area contributed by atoms with Gasteiger partial charge < -0.3 is 14.8 Å². The quantitative estimate of drug-likeness (QED) is 0.380. The molecule has 36 heavy (non-hydrogen) atoms. The van der Waals surface area contributed by atoms with Gasteiger partial charge in [0.05, 0.1) is 29.9 Å². The number of nitrogens with one attached hydrogen (secondary N) is 1. The summed E-state index contributed by atoms with van der Waals surface area (Å²) in [5.41, 5.74) is 0.0627. The Balaban J connectivity index is 2.23. The lowest BCUT2D eigenvalue weighted by Gasteiger charge is -2.45. The third-order valence-electron chi connectivity index (χ3n) is 6.30. The van der Waals surface area contributed by atoms with E-state index < -0.39 is 28.8 Å². The van der Waals surface area contributed by atoms with Crippen molar-refractivity contribution >= 4 is 40.3 Å². The molecule has 0 aromatic heterocycles. The summed E-state index contributed by atoms with van der Waals surface area (Å²) in [6, 6.07) is 16.7. The number of esters is 2. The second-order valence-corrected chi connectivity index (χ2v) is 10.1. The standard InChI is InChI=1S/C28H32N2O5S/c1-6-35-24(32)16-17-27(3,4)28(18-23(25(33)34-5)29-19(2)31)21-14-10-11-15-22(21)30-26(28)36-20-12-8-7-9-13-20/h7-17,23H,6,18H2,1-5H3,(H,29,31)/b17-16+/t23-,28?/m0/s1. The monoisotopic (exact) mass is 508 g/mol. The molecule has 2 aromatic rings. The van der Waals surface area contributed by atoms with Gasteiger partial charge in [0, 0.05) is 17.9 Å². The van der Waals surface area contributed by atoms with Crippen LogP contribution in [-0.2, 0) is 29.3 Å². The van der Waals surface area contributed by atoms with Gasteiger partial charge >= 0.3 is 11.9 Å². The molecule has 0 bridgehead atoms. The minimum atomic E-state index is -0.935. The third-order valence-corrected chi connectivity index (χ3v) is 7.45. The van der Waals surface area contributed by atoms with Crippen LogP contribution in [-0.4, -0.2) is 42.6 Å². The van der Waals surface area contributed by atoms with Gasteiger partial charge in [-0.15, -0.1) is 0 Å². The Morgan fingerprint density at radius 1 is 1.11 bits per heavy atom. The normalized spacial score (nSPS) is 17.8. The summed E-state index contributed by atoms with van der Waals surface area (Å²) in [6.45, 7) is 7.37. The van der Waals surface area contributed by atoms with E-state index in [9.17, 15) is 14.4 Å². The summed E-state index contributed by atoms with van der Waals surface area (Å²) in [4.78, 5) is 43.2. The molecule has 3 rings (SSSR count). The molecule has 1 heterocycles. The lowest BCUT2D eigenvalue weighted by Crippen LogP contribution is -2.52. The van der Waals surface area contributed by atoms with E-state index in [1.54, 1.807) is 13.0 Å². The van der Waals surface area contributed by atoms with Gasteiger partial charge in [-0.2, -0.15) is 0 Å². The Hall–Kier alpha value is -3.39. The van der Waals surface area contributed by atoms with E-state index in [0.29, 0.717) is 0 Å². The average molecular weight is 509 g/mol. The van der Waals surface area contributed by atoms with Crippen molar-refractivity contribution in [2.75, 3.05) is 13.7 Å². The topological polar surface area (TPSA) is 94.1 Å². The Morgan fingerprint density at radius 2 is 1.78 bits per heavy atom. The highest BCUT2D eigenvalue weighted by Gasteiger charge is 2.55. The fraction of sp³-hybridized carbons (Fsp3) is 0.357. The highest BCUT2D eigenvalue weighted by Crippen LogP contribution is 2.57. The smallest absolute Gasteiger partial charge is 0.330 e. The molecule has 0 fully saturated rings. The van der Waals surface area contributed by atoms with Crippen molar-refractivity contribution in [1.82, 2.24) is 5.32 Å². The van der Waals surface area contributed by atoms with Crippen molar-refractivity contribution in [3.63, 3.8) is 0 Å². The third kappa shape index (κ3) is 5.70. The first kappa shape index (κ1) is 27.2. The second-order valence-electron chi connectivity index (χ2n) is 9.04. The number of hydrogen-bond acceptors (Lipinski definition) is 7. The van der Waals surface area contributed by atoms with E-state index in [2.05, 4.69) is 5.32 Å². The van der Waals surface area contributed by atoms with Crippen molar-refractivity contribution in [2.45, 2.75) is 50.5 Å². The number of fused-ring (bicyclic) bond motifs is 1. The van der Waals surface area contributed by atoms with Crippen LogP contribution in [0, 0.1) is 5.41 Å². The van der Waals surface area contributed by atoms with E-state index in [4.69, 9.17) is 14.5 Å². The number of thioether (sulfide) groups is 1. The zero-order chi connectivity index (χ0) is 26.3. The first-order valence-electron chi connectivity index (χ1n) is 11.8. The van der Waals surface area contributed by atoms with Gasteiger partial charge in [0.1, 0.15) is 6.04 Å². The van der Waals surface area contributed by atoms with E-state index >= 15 is 0 Å². The number of rotatable bonds is 9. The number of allylic oxidation sites excluding steroid dienone is 1. The van der Waals surface area contributed by atoms with Crippen LogP contribution in [0.2, 0.25) is 0 Å². The maximum Gasteiger partial charge on any atom is 0.330 e. The Labute approximate surface area is 216 Å². The van der Waals surface area contributed by atoms with Crippen LogP contribution in [0.1, 0.15) is 39.7 Å². The number of benzene rings is 2. The van der Waals surface area contributed by atoms with Gasteiger partial charge in [-0.1, -0.05) is 68.1 Å². The second kappa shape index (κ2) is 11.6. The summed E-state index contributed by atoms with van der Waals surface area (Å²) in [6.07, 6.45) is 3.40. The molecule has 2 atom stereocenters. The van der Waals surface area contributed by atoms with Crippen molar-refractivity contribution in [3.05, 3.63) is 72.3 Å². The summed E-state index contributed by atoms with van der Waals surface area (Å²) >= 11 is 1.50. The van der Waals surface area contributed by atoms with E-state index in [-0.39, 0.29) is 18.9 Å². The SMILES string of the molecule is CCOC(=O)/C=C/C(C)(C)C1(C[C@H](NC(C)=O)C(=O)OC)C(Sc2ccccc2)=Nc2ccccc21. The van der Waals surface area contributed by atoms with Crippen LogP contribution in [0.15, 0.2) is 76.6 Å². The van der Waals surface area contributed by atoms with Crippen molar-refractivity contribution in [2.24, 2.45) is 10.4 Å². The summed E-state index contributed by atoms with van der Waals surface area (Å²) < 4.78 is 10.2. The van der Waals surface area contributed by atoms with Gasteiger partial charge in [0.2, 0.25) is 5.91 Å². The van der Waals surface area contributed by atoms with Crippen LogP contribution >= 0.6 is 11.8 Å². The van der Waals surface area contributed by atoms with Crippen LogP contribution in [0.3, 0.4) is 0 Å². The number of carbonyl (C=O) groups is 3. The Morgan fingerprint density at radius 3 is 2.42 bits per heavy atom. The average Bonchev–Trinajstić information content (AvgIpc) is 3.16. The summed E-state index contributed by atoms with van der Waals surface area (Å²) in [5.74, 6) is -1.35. The molecule has 7 nitrogen and oxygen atoms in total. The van der Waals surface area contributed by atoms with E-state index in [0.717, 1.165) is 21.2 Å². The lowest BCUT2D eigenvalue weighted by molar-refractivity contribution is -0.145. The molecule has 0 saturated heterocycles. The number of para-hydroxylation sites is 1. The van der Waals surface area contributed by atoms with Crippen LogP contribution in [0.5, 0.6) is 0 Å². The molecule has 1 aliphatic rings. The summed E-state index contributed by atoms with van der Waals surface area (Å²) in [7, 11) is 1.30. The van der Waals surface area contributed by atoms with Crippen LogP contribution < -0.4 is 5.32 Å². The van der Waals surface area contributed by atoms with Crippen LogP contribution in [0.25, 0.3) is 0 Å². The molecular weight excluding hydrogens is 476 g/mol. The highest BCUT2D eigenvalue weighted by atomic mass is 32.2. The maximum atomic E-state index is 12.9. The first-order chi connectivity index (χ1) is 17.1. The van der Waals surface area contributed by atoms with Gasteiger partial charge in [-0.3, -0.25) is 4.79 Å². The Bertz CT molecular complexity index is 1180.